The Morgan fingerprint density at radius 3 is 2.15 bits per heavy atom. The van der Waals surface area contributed by atoms with Gasteiger partial charge in [0.05, 0.1) is 5.92 Å². The van der Waals surface area contributed by atoms with E-state index >= 15 is 0 Å². The van der Waals surface area contributed by atoms with E-state index in [0.717, 1.165) is 47.4 Å². The number of benzene rings is 2. The third-order valence-electron chi connectivity index (χ3n) is 6.55. The first-order valence-electron chi connectivity index (χ1n) is 12.3. The third-order valence-corrected chi connectivity index (χ3v) is 6.55. The normalized spacial score (nSPS) is 15.7. The van der Waals surface area contributed by atoms with Gasteiger partial charge in [0.1, 0.15) is 0 Å². The number of alkyl halides is 3. The first kappa shape index (κ1) is 27.1. The van der Waals surface area contributed by atoms with E-state index in [4.69, 9.17) is 24.1 Å². The molecule has 1 saturated heterocycles. The van der Waals surface area contributed by atoms with E-state index in [0.29, 0.717) is 36.4 Å². The Bertz CT molecular complexity index is 1490. The minimum Gasteiger partial charge on any atom is -0.481 e. The van der Waals surface area contributed by atoms with Gasteiger partial charge in [0, 0.05) is 36.3 Å². The highest BCUT2D eigenvalue weighted by molar-refractivity contribution is 5.73. The number of likely N-dealkylation sites (tertiary alicyclic amines) is 1. The number of carboxylic acids is 2. The molecule has 208 valence electrons. The summed E-state index contributed by atoms with van der Waals surface area (Å²) in [6.45, 7) is 1.92. The second-order valence-corrected chi connectivity index (χ2v) is 9.57. The van der Waals surface area contributed by atoms with E-state index in [2.05, 4.69) is 20.2 Å². The molecule has 6 rings (SSSR count). The zero-order chi connectivity index (χ0) is 28.4. The molecule has 1 aliphatic heterocycles. The summed E-state index contributed by atoms with van der Waals surface area (Å²) in [5.41, 5.74) is 4.62. The van der Waals surface area contributed by atoms with Crippen LogP contribution in [-0.4, -0.2) is 61.6 Å². The lowest BCUT2D eigenvalue weighted by Crippen LogP contribution is -2.49. The van der Waals surface area contributed by atoms with E-state index < -0.39 is 18.1 Å². The van der Waals surface area contributed by atoms with Crippen LogP contribution in [0.2, 0.25) is 0 Å². The second-order valence-electron chi connectivity index (χ2n) is 9.57. The SMILES string of the molecule is O=C(O)C(F)(F)F.O=C(O)C1CN(Cc2ccc(-c3noc(-c4noc(-c5ccccc5)c4C4CC4)n3)cc2)C1. The lowest BCUT2D eigenvalue weighted by atomic mass is 9.99. The molecular weight excluding hydrogens is 533 g/mol. The average molecular weight is 556 g/mol. The Morgan fingerprint density at radius 1 is 0.925 bits per heavy atom. The van der Waals surface area contributed by atoms with Crippen molar-refractivity contribution >= 4 is 11.9 Å². The van der Waals surface area contributed by atoms with Crippen LogP contribution in [0.3, 0.4) is 0 Å². The van der Waals surface area contributed by atoms with Crippen LogP contribution in [0, 0.1) is 5.92 Å². The molecule has 1 saturated carbocycles. The number of nitrogens with zero attached hydrogens (tertiary/aromatic N) is 4. The zero-order valence-corrected chi connectivity index (χ0v) is 20.8. The number of rotatable bonds is 7. The number of aromatic nitrogens is 3. The van der Waals surface area contributed by atoms with Crippen LogP contribution in [0.1, 0.15) is 29.9 Å². The summed E-state index contributed by atoms with van der Waals surface area (Å²) in [6, 6.07) is 17.9. The van der Waals surface area contributed by atoms with Crippen molar-refractivity contribution < 1.29 is 42.0 Å². The highest BCUT2D eigenvalue weighted by atomic mass is 19.4. The van der Waals surface area contributed by atoms with Crippen molar-refractivity contribution in [1.29, 1.82) is 0 Å². The number of halogens is 3. The number of hydrogen-bond donors (Lipinski definition) is 2. The third kappa shape index (κ3) is 6.04. The van der Waals surface area contributed by atoms with Crippen molar-refractivity contribution in [2.75, 3.05) is 13.1 Å². The molecule has 0 bridgehead atoms. The average Bonchev–Trinajstić information content (AvgIpc) is 3.45. The molecule has 2 aliphatic rings. The predicted molar refractivity (Wildman–Crippen MR) is 133 cm³/mol. The van der Waals surface area contributed by atoms with Crippen molar-refractivity contribution in [1.82, 2.24) is 20.2 Å². The molecule has 3 heterocycles. The van der Waals surface area contributed by atoms with Crippen molar-refractivity contribution in [2.24, 2.45) is 5.92 Å². The molecule has 2 fully saturated rings. The van der Waals surface area contributed by atoms with Gasteiger partial charge in [-0.1, -0.05) is 64.9 Å². The molecule has 0 atom stereocenters. The van der Waals surface area contributed by atoms with Crippen molar-refractivity contribution in [2.45, 2.75) is 31.5 Å². The van der Waals surface area contributed by atoms with Crippen LogP contribution in [0.4, 0.5) is 13.2 Å². The summed E-state index contributed by atoms with van der Waals surface area (Å²) in [6.07, 6.45) is -2.89. The van der Waals surface area contributed by atoms with Crippen molar-refractivity contribution in [3.8, 4) is 34.3 Å². The Kier molecular flexibility index (Phi) is 7.39. The fourth-order valence-corrected chi connectivity index (χ4v) is 4.31. The first-order valence-corrected chi connectivity index (χ1v) is 12.3. The predicted octanol–water partition coefficient (Wildman–Crippen LogP) is 5.09. The van der Waals surface area contributed by atoms with Gasteiger partial charge in [-0.3, -0.25) is 9.69 Å². The highest BCUT2D eigenvalue weighted by Gasteiger charge is 2.38. The standard InChI is InChI=1S/C25H22N4O4.C2HF3O2/c30-25(31)19-13-29(14-19)12-15-6-8-18(9-7-15)23-26-24(33-28-23)21-20(16-10-11-16)22(32-27-21)17-4-2-1-3-5-17;3-2(4,5)1(6)7/h1-9,16,19H,10-14H2,(H,30,31);(H,6,7). The number of carboxylic acid groups (broad SMARTS) is 2. The molecule has 0 spiro atoms. The monoisotopic (exact) mass is 556 g/mol. The summed E-state index contributed by atoms with van der Waals surface area (Å²) in [5.74, 6) is -1.69. The zero-order valence-electron chi connectivity index (χ0n) is 20.8. The van der Waals surface area contributed by atoms with Gasteiger partial charge >= 0.3 is 18.1 Å². The maximum Gasteiger partial charge on any atom is 0.490 e. The van der Waals surface area contributed by atoms with E-state index in [9.17, 15) is 18.0 Å². The van der Waals surface area contributed by atoms with Gasteiger partial charge in [-0.25, -0.2) is 4.79 Å². The van der Waals surface area contributed by atoms with Crippen LogP contribution < -0.4 is 0 Å². The lowest BCUT2D eigenvalue weighted by molar-refractivity contribution is -0.192. The molecule has 13 heteroatoms. The molecule has 0 amide bonds. The quantitative estimate of drug-likeness (QED) is 0.316. The maximum atomic E-state index is 11.0. The molecule has 2 aromatic heterocycles. The maximum absolute atomic E-state index is 11.0. The summed E-state index contributed by atoms with van der Waals surface area (Å²) in [7, 11) is 0. The lowest BCUT2D eigenvalue weighted by Gasteiger charge is -2.36. The Labute approximate surface area is 225 Å². The molecule has 0 radical (unpaired) electrons. The van der Waals surface area contributed by atoms with Gasteiger partial charge in [0.2, 0.25) is 5.82 Å². The molecule has 0 unspecified atom stereocenters. The Hall–Kier alpha value is -4.52. The molecule has 1 aliphatic carbocycles. The fraction of sp³-hybridized carbons (Fsp3) is 0.296. The summed E-state index contributed by atoms with van der Waals surface area (Å²) >= 11 is 0. The molecule has 2 aromatic carbocycles. The fourth-order valence-electron chi connectivity index (χ4n) is 4.31. The number of hydrogen-bond acceptors (Lipinski definition) is 8. The molecule has 2 N–H and O–H groups in total. The van der Waals surface area contributed by atoms with E-state index in [1.807, 2.05) is 54.6 Å². The van der Waals surface area contributed by atoms with E-state index in [1.165, 1.54) is 0 Å². The minimum atomic E-state index is -5.08. The van der Waals surface area contributed by atoms with Gasteiger partial charge in [-0.15, -0.1) is 0 Å². The first-order chi connectivity index (χ1) is 19.1. The molecular formula is C27H23F3N4O6. The highest BCUT2D eigenvalue weighted by Crippen LogP contribution is 2.48. The number of aliphatic carboxylic acids is 2. The van der Waals surface area contributed by atoms with Gasteiger partial charge in [-0.2, -0.15) is 18.2 Å². The van der Waals surface area contributed by atoms with Crippen LogP contribution in [0.5, 0.6) is 0 Å². The number of carbonyl (C=O) groups is 2. The molecule has 4 aromatic rings. The van der Waals surface area contributed by atoms with Crippen molar-refractivity contribution in [3.05, 3.63) is 65.7 Å². The smallest absolute Gasteiger partial charge is 0.481 e. The van der Waals surface area contributed by atoms with E-state index in [1.54, 1.807) is 0 Å². The van der Waals surface area contributed by atoms with Crippen molar-refractivity contribution in [3.63, 3.8) is 0 Å². The largest absolute Gasteiger partial charge is 0.490 e. The molecule has 40 heavy (non-hydrogen) atoms. The van der Waals surface area contributed by atoms with Gasteiger partial charge in [0.25, 0.3) is 5.89 Å². The Morgan fingerprint density at radius 2 is 1.57 bits per heavy atom. The van der Waals surface area contributed by atoms with E-state index in [-0.39, 0.29) is 5.92 Å². The van der Waals surface area contributed by atoms with Crippen LogP contribution in [-0.2, 0) is 16.1 Å². The van der Waals surface area contributed by atoms with Gasteiger partial charge < -0.3 is 19.3 Å². The second kappa shape index (κ2) is 10.9. The summed E-state index contributed by atoms with van der Waals surface area (Å²) in [5, 5.41) is 24.6. The topological polar surface area (TPSA) is 143 Å². The van der Waals surface area contributed by atoms with Gasteiger partial charge in [0.15, 0.2) is 11.5 Å². The van der Waals surface area contributed by atoms with Crippen LogP contribution in [0.15, 0.2) is 63.6 Å². The summed E-state index contributed by atoms with van der Waals surface area (Å²) < 4.78 is 43.0. The molecule has 10 nitrogen and oxygen atoms in total. The summed E-state index contributed by atoms with van der Waals surface area (Å²) in [4.78, 5) is 26.6. The minimum absolute atomic E-state index is 0.249. The van der Waals surface area contributed by atoms with Gasteiger partial charge in [-0.05, 0) is 24.3 Å². The Balaban J connectivity index is 0.000000411. The van der Waals surface area contributed by atoms with Crippen LogP contribution >= 0.6 is 0 Å². The van der Waals surface area contributed by atoms with Crippen LogP contribution in [0.25, 0.3) is 34.3 Å².